The minimum absolute atomic E-state index is 0.336. The van der Waals surface area contributed by atoms with Crippen LogP contribution in [-0.4, -0.2) is 39.7 Å². The Morgan fingerprint density at radius 1 is 0.733 bits per heavy atom. The number of thioether (sulfide) groups is 1. The number of ether oxygens (including phenoxy) is 3. The second-order valence-electron chi connectivity index (χ2n) is 6.66. The molecule has 0 radical (unpaired) electrons. The second-order valence-corrected chi connectivity index (χ2v) is 7.88. The van der Waals surface area contributed by atoms with Gasteiger partial charge in [0.05, 0.1) is 19.5 Å². The number of methoxy groups -OCH3 is 2. The van der Waals surface area contributed by atoms with Gasteiger partial charge >= 0.3 is 0 Å². The largest absolute Gasteiger partial charge is 0.493 e. The molecule has 0 aromatic heterocycles. The van der Waals surface area contributed by atoms with Gasteiger partial charge in [0.2, 0.25) is 5.75 Å². The molecule has 30 heavy (non-hydrogen) atoms. The Labute approximate surface area is 183 Å². The summed E-state index contributed by atoms with van der Waals surface area (Å²) in [4.78, 5) is 0. The van der Waals surface area contributed by atoms with Gasteiger partial charge in [0.25, 0.3) is 0 Å². The smallest absolute Gasteiger partial charge is 0.203 e. The highest BCUT2D eigenvalue weighted by Gasteiger charge is 2.14. The van der Waals surface area contributed by atoms with E-state index >= 15 is 0 Å². The zero-order valence-electron chi connectivity index (χ0n) is 17.5. The zero-order chi connectivity index (χ0) is 21.0. The van der Waals surface area contributed by atoms with Gasteiger partial charge in [-0.2, -0.15) is 0 Å². The van der Waals surface area contributed by atoms with E-state index in [0.717, 1.165) is 18.8 Å². The average Bonchev–Trinajstić information content (AvgIpc) is 2.81. The van der Waals surface area contributed by atoms with E-state index in [-0.39, 0.29) is 0 Å². The quantitative estimate of drug-likeness (QED) is 0.406. The van der Waals surface area contributed by atoms with Gasteiger partial charge < -0.3 is 19.5 Å². The second kappa shape index (κ2) is 12.2. The SMILES string of the molecule is COc1cccc(OC)c1OCCNCCSC(c1ccccc1)c1ccccc1. The summed E-state index contributed by atoms with van der Waals surface area (Å²) < 4.78 is 16.6. The molecule has 3 rings (SSSR count). The molecule has 0 aliphatic rings. The third kappa shape index (κ3) is 6.18. The summed E-state index contributed by atoms with van der Waals surface area (Å²) in [5.74, 6) is 3.01. The van der Waals surface area contributed by atoms with Crippen LogP contribution >= 0.6 is 11.8 Å². The fourth-order valence-electron chi connectivity index (χ4n) is 3.20. The summed E-state index contributed by atoms with van der Waals surface area (Å²) in [6.07, 6.45) is 0. The summed E-state index contributed by atoms with van der Waals surface area (Å²) in [5.41, 5.74) is 2.67. The Morgan fingerprint density at radius 3 is 1.83 bits per heavy atom. The first-order valence-electron chi connectivity index (χ1n) is 10.1. The molecule has 158 valence electrons. The van der Waals surface area contributed by atoms with Crippen molar-refractivity contribution in [2.45, 2.75) is 5.25 Å². The average molecular weight is 424 g/mol. The van der Waals surface area contributed by atoms with Crippen molar-refractivity contribution in [3.63, 3.8) is 0 Å². The van der Waals surface area contributed by atoms with Crippen LogP contribution in [0.3, 0.4) is 0 Å². The van der Waals surface area contributed by atoms with Crippen molar-refractivity contribution in [2.24, 2.45) is 0 Å². The van der Waals surface area contributed by atoms with Crippen molar-refractivity contribution >= 4 is 11.8 Å². The van der Waals surface area contributed by atoms with Crippen LogP contribution in [0.5, 0.6) is 17.2 Å². The molecule has 0 amide bonds. The van der Waals surface area contributed by atoms with E-state index in [1.54, 1.807) is 14.2 Å². The Balaban J connectivity index is 1.45. The minimum atomic E-state index is 0.336. The van der Waals surface area contributed by atoms with Crippen LogP contribution in [0, 0.1) is 0 Å². The Hall–Kier alpha value is -2.63. The lowest BCUT2D eigenvalue weighted by Gasteiger charge is -2.18. The molecule has 3 aromatic carbocycles. The van der Waals surface area contributed by atoms with Crippen LogP contribution in [0.25, 0.3) is 0 Å². The van der Waals surface area contributed by atoms with Crippen molar-refractivity contribution < 1.29 is 14.2 Å². The van der Waals surface area contributed by atoms with Gasteiger partial charge in [0, 0.05) is 18.8 Å². The molecule has 0 heterocycles. The van der Waals surface area contributed by atoms with Gasteiger partial charge in [-0.25, -0.2) is 0 Å². The van der Waals surface area contributed by atoms with Crippen LogP contribution in [0.2, 0.25) is 0 Å². The Morgan fingerprint density at radius 2 is 1.30 bits per heavy atom. The Bertz CT molecular complexity index is 812. The number of rotatable bonds is 12. The molecule has 0 saturated heterocycles. The van der Waals surface area contributed by atoms with Gasteiger partial charge in [0.15, 0.2) is 11.5 Å². The van der Waals surface area contributed by atoms with Gasteiger partial charge in [-0.15, -0.1) is 11.8 Å². The fourth-order valence-corrected chi connectivity index (χ4v) is 4.40. The number of benzene rings is 3. The summed E-state index contributed by atoms with van der Waals surface area (Å²) >= 11 is 1.95. The normalized spacial score (nSPS) is 10.8. The lowest BCUT2D eigenvalue weighted by atomic mass is 10.0. The number of hydrogen-bond acceptors (Lipinski definition) is 5. The molecule has 0 fully saturated rings. The number of hydrogen-bond donors (Lipinski definition) is 1. The van der Waals surface area contributed by atoms with Gasteiger partial charge in [-0.3, -0.25) is 0 Å². The van der Waals surface area contributed by atoms with Crippen molar-refractivity contribution in [1.82, 2.24) is 5.32 Å². The molecule has 0 aliphatic carbocycles. The number of para-hydroxylation sites is 1. The molecular weight excluding hydrogens is 394 g/mol. The molecule has 0 atom stereocenters. The predicted molar refractivity (Wildman–Crippen MR) is 125 cm³/mol. The topological polar surface area (TPSA) is 39.7 Å². The highest BCUT2D eigenvalue weighted by atomic mass is 32.2. The van der Waals surface area contributed by atoms with Crippen LogP contribution in [0.15, 0.2) is 78.9 Å². The van der Waals surface area contributed by atoms with E-state index in [1.165, 1.54) is 11.1 Å². The zero-order valence-corrected chi connectivity index (χ0v) is 18.4. The van der Waals surface area contributed by atoms with Crippen LogP contribution in [0.1, 0.15) is 16.4 Å². The molecule has 3 aromatic rings. The molecule has 0 bridgehead atoms. The Kier molecular flexibility index (Phi) is 8.94. The predicted octanol–water partition coefficient (Wildman–Crippen LogP) is 5.20. The molecule has 5 heteroatoms. The molecule has 0 aliphatic heterocycles. The van der Waals surface area contributed by atoms with Crippen LogP contribution in [0.4, 0.5) is 0 Å². The maximum Gasteiger partial charge on any atom is 0.203 e. The van der Waals surface area contributed by atoms with E-state index in [1.807, 2.05) is 30.0 Å². The van der Waals surface area contributed by atoms with E-state index in [4.69, 9.17) is 14.2 Å². The maximum atomic E-state index is 5.90. The molecule has 4 nitrogen and oxygen atoms in total. The summed E-state index contributed by atoms with van der Waals surface area (Å²) in [6, 6.07) is 27.0. The molecule has 1 N–H and O–H groups in total. The van der Waals surface area contributed by atoms with Crippen molar-refractivity contribution in [3.8, 4) is 17.2 Å². The molecular formula is C25H29NO3S. The highest BCUT2D eigenvalue weighted by Crippen LogP contribution is 2.37. The van der Waals surface area contributed by atoms with Crippen molar-refractivity contribution in [1.29, 1.82) is 0 Å². The van der Waals surface area contributed by atoms with Crippen LogP contribution in [-0.2, 0) is 0 Å². The third-order valence-corrected chi connectivity index (χ3v) is 5.99. The van der Waals surface area contributed by atoms with Crippen molar-refractivity contribution in [3.05, 3.63) is 90.0 Å². The van der Waals surface area contributed by atoms with E-state index in [2.05, 4.69) is 66.0 Å². The fraction of sp³-hybridized carbons (Fsp3) is 0.280. The van der Waals surface area contributed by atoms with Gasteiger partial charge in [-0.1, -0.05) is 66.7 Å². The number of nitrogens with one attached hydrogen (secondary N) is 1. The summed E-state index contributed by atoms with van der Waals surface area (Å²) in [6.45, 7) is 2.21. The lowest BCUT2D eigenvalue weighted by Crippen LogP contribution is -2.23. The van der Waals surface area contributed by atoms with Gasteiger partial charge in [-0.05, 0) is 23.3 Å². The van der Waals surface area contributed by atoms with E-state index in [0.29, 0.717) is 29.1 Å². The maximum absolute atomic E-state index is 5.90. The van der Waals surface area contributed by atoms with E-state index in [9.17, 15) is 0 Å². The highest BCUT2D eigenvalue weighted by molar-refractivity contribution is 7.99. The first kappa shape index (κ1) is 22.1. The van der Waals surface area contributed by atoms with E-state index < -0.39 is 0 Å². The standard InChI is InChI=1S/C25H29NO3S/c1-27-22-14-9-15-23(28-2)24(22)29-18-16-26-17-19-30-25(20-10-5-3-6-11-20)21-12-7-4-8-13-21/h3-15,25-26H,16-19H2,1-2H3. The molecule has 0 saturated carbocycles. The lowest BCUT2D eigenvalue weighted by molar-refractivity contribution is 0.274. The molecule has 0 spiro atoms. The summed E-state index contributed by atoms with van der Waals surface area (Å²) in [5, 5.41) is 3.80. The van der Waals surface area contributed by atoms with Crippen molar-refractivity contribution in [2.75, 3.05) is 39.7 Å². The third-order valence-electron chi connectivity index (χ3n) is 4.68. The van der Waals surface area contributed by atoms with Gasteiger partial charge in [0.1, 0.15) is 6.61 Å². The summed E-state index contributed by atoms with van der Waals surface area (Å²) in [7, 11) is 3.26. The monoisotopic (exact) mass is 423 g/mol. The molecule has 0 unspecified atom stereocenters. The van der Waals surface area contributed by atoms with Crippen LogP contribution < -0.4 is 19.5 Å². The minimum Gasteiger partial charge on any atom is -0.493 e. The first-order valence-corrected chi connectivity index (χ1v) is 11.1. The first-order chi connectivity index (χ1) is 14.8.